The summed E-state index contributed by atoms with van der Waals surface area (Å²) in [6, 6.07) is 8.61. The van der Waals surface area contributed by atoms with Gasteiger partial charge in [-0.25, -0.2) is 4.79 Å². The van der Waals surface area contributed by atoms with E-state index in [4.69, 9.17) is 21.1 Å². The number of aromatic nitrogens is 1. The molecule has 0 unspecified atom stereocenters. The summed E-state index contributed by atoms with van der Waals surface area (Å²) in [4.78, 5) is 23.8. The smallest absolute Gasteiger partial charge is 0.343 e. The molecule has 0 radical (unpaired) electrons. The number of halogens is 1. The van der Waals surface area contributed by atoms with Gasteiger partial charge in [0.1, 0.15) is 11.6 Å². The average Bonchev–Trinajstić information content (AvgIpc) is 3.02. The molecule has 2 aromatic rings. The number of hydrogen-bond donors (Lipinski definition) is 1. The topological polar surface area (TPSA) is 103 Å². The van der Waals surface area contributed by atoms with Gasteiger partial charge in [-0.15, -0.1) is 0 Å². The lowest BCUT2D eigenvalue weighted by Gasteiger charge is -2.13. The van der Waals surface area contributed by atoms with E-state index in [0.717, 1.165) is 11.4 Å². The standard InChI is InChI=1S/C20H20ClN3O5/c1-12-5-6-13(2)24(12)23-20(26)15(10-22)7-14-8-16(21)19(17(9-14)27-3)29-11-18(25)28-4/h5-9H,11H2,1-4H3,(H,23,26)/b15-7-. The highest BCUT2D eigenvalue weighted by Gasteiger charge is 2.16. The van der Waals surface area contributed by atoms with Crippen molar-refractivity contribution in [2.75, 3.05) is 26.3 Å². The van der Waals surface area contributed by atoms with E-state index in [2.05, 4.69) is 10.2 Å². The van der Waals surface area contributed by atoms with Gasteiger partial charge in [-0.05, 0) is 49.8 Å². The number of benzene rings is 1. The van der Waals surface area contributed by atoms with Crippen molar-refractivity contribution in [2.24, 2.45) is 0 Å². The maximum Gasteiger partial charge on any atom is 0.343 e. The maximum atomic E-state index is 12.5. The molecule has 9 heteroatoms. The van der Waals surface area contributed by atoms with Gasteiger partial charge in [0.2, 0.25) is 0 Å². The third-order valence-electron chi connectivity index (χ3n) is 3.97. The molecule has 0 aliphatic carbocycles. The first kappa shape index (κ1) is 21.9. The van der Waals surface area contributed by atoms with Crippen molar-refractivity contribution in [3.05, 3.63) is 51.8 Å². The second kappa shape index (κ2) is 9.66. The predicted molar refractivity (Wildman–Crippen MR) is 107 cm³/mol. The number of hydrogen-bond acceptors (Lipinski definition) is 6. The SMILES string of the molecule is COC(=O)COc1c(Cl)cc(/C=C(/C#N)C(=O)Nn2c(C)ccc2C)cc1OC. The molecule has 0 aliphatic rings. The number of carbonyl (C=O) groups excluding carboxylic acids is 2. The molecular formula is C20H20ClN3O5. The van der Waals surface area contributed by atoms with Crippen LogP contribution in [0.5, 0.6) is 11.5 Å². The van der Waals surface area contributed by atoms with E-state index in [1.807, 2.05) is 32.0 Å². The number of carbonyl (C=O) groups is 2. The molecule has 1 N–H and O–H groups in total. The highest BCUT2D eigenvalue weighted by Crippen LogP contribution is 2.37. The van der Waals surface area contributed by atoms with Crippen LogP contribution < -0.4 is 14.9 Å². The zero-order valence-corrected chi connectivity index (χ0v) is 17.2. The summed E-state index contributed by atoms with van der Waals surface area (Å²) >= 11 is 6.23. The number of esters is 1. The Morgan fingerprint density at radius 2 is 1.90 bits per heavy atom. The van der Waals surface area contributed by atoms with Crippen LogP contribution in [0, 0.1) is 25.2 Å². The van der Waals surface area contributed by atoms with Gasteiger partial charge in [0.25, 0.3) is 5.91 Å². The van der Waals surface area contributed by atoms with Crippen LogP contribution >= 0.6 is 11.6 Å². The van der Waals surface area contributed by atoms with E-state index in [1.54, 1.807) is 4.68 Å². The first-order chi connectivity index (χ1) is 13.8. The zero-order chi connectivity index (χ0) is 21.6. The second-order valence-corrected chi connectivity index (χ2v) is 6.37. The summed E-state index contributed by atoms with van der Waals surface area (Å²) in [5, 5.41) is 9.57. The number of nitriles is 1. The summed E-state index contributed by atoms with van der Waals surface area (Å²) in [5.41, 5.74) is 4.64. The molecule has 0 atom stereocenters. The Hall–Kier alpha value is -3.44. The Labute approximate surface area is 173 Å². The lowest BCUT2D eigenvalue weighted by Crippen LogP contribution is -2.25. The van der Waals surface area contributed by atoms with Crippen molar-refractivity contribution >= 4 is 29.6 Å². The number of aryl methyl sites for hydroxylation is 2. The Morgan fingerprint density at radius 1 is 1.24 bits per heavy atom. The summed E-state index contributed by atoms with van der Waals surface area (Å²) in [5.74, 6) is -0.761. The monoisotopic (exact) mass is 417 g/mol. The molecule has 29 heavy (non-hydrogen) atoms. The van der Waals surface area contributed by atoms with Crippen molar-refractivity contribution in [1.82, 2.24) is 4.68 Å². The third-order valence-corrected chi connectivity index (χ3v) is 4.26. The normalized spacial score (nSPS) is 10.8. The van der Waals surface area contributed by atoms with Crippen molar-refractivity contribution in [1.29, 1.82) is 5.26 Å². The minimum absolute atomic E-state index is 0.126. The molecule has 1 aromatic heterocycles. The van der Waals surface area contributed by atoms with Gasteiger partial charge in [-0.1, -0.05) is 11.6 Å². The molecule has 1 heterocycles. The van der Waals surface area contributed by atoms with E-state index in [9.17, 15) is 14.9 Å². The lowest BCUT2D eigenvalue weighted by molar-refractivity contribution is -0.142. The number of nitrogens with zero attached hydrogens (tertiary/aromatic N) is 2. The van der Waals surface area contributed by atoms with Crippen LogP contribution in [0.25, 0.3) is 6.08 Å². The van der Waals surface area contributed by atoms with Gasteiger partial charge in [0.05, 0.1) is 19.2 Å². The van der Waals surface area contributed by atoms with Gasteiger partial charge in [-0.3, -0.25) is 14.9 Å². The molecule has 2 rings (SSSR count). The van der Waals surface area contributed by atoms with Crippen LogP contribution in [0.4, 0.5) is 0 Å². The summed E-state index contributed by atoms with van der Waals surface area (Å²) in [6.45, 7) is 3.32. The first-order valence-corrected chi connectivity index (χ1v) is 8.83. The van der Waals surface area contributed by atoms with Crippen LogP contribution in [0.3, 0.4) is 0 Å². The maximum absolute atomic E-state index is 12.5. The number of nitrogens with one attached hydrogen (secondary N) is 1. The van der Waals surface area contributed by atoms with E-state index in [1.165, 1.54) is 32.4 Å². The molecule has 0 spiro atoms. The highest BCUT2D eigenvalue weighted by atomic mass is 35.5. The molecule has 1 amide bonds. The first-order valence-electron chi connectivity index (χ1n) is 8.46. The molecule has 0 bridgehead atoms. The van der Waals surface area contributed by atoms with Gasteiger partial charge in [-0.2, -0.15) is 5.26 Å². The number of rotatable bonds is 7. The number of amides is 1. The van der Waals surface area contributed by atoms with Crippen molar-refractivity contribution in [2.45, 2.75) is 13.8 Å². The Bertz CT molecular complexity index is 985. The van der Waals surface area contributed by atoms with Gasteiger partial charge >= 0.3 is 5.97 Å². The fourth-order valence-corrected chi connectivity index (χ4v) is 2.75. The van der Waals surface area contributed by atoms with Gasteiger partial charge in [0, 0.05) is 11.4 Å². The zero-order valence-electron chi connectivity index (χ0n) is 16.4. The quantitative estimate of drug-likeness (QED) is 0.422. The molecule has 0 fully saturated rings. The highest BCUT2D eigenvalue weighted by molar-refractivity contribution is 6.32. The number of methoxy groups -OCH3 is 2. The summed E-state index contributed by atoms with van der Waals surface area (Å²) in [6.07, 6.45) is 1.38. The molecule has 0 aliphatic heterocycles. The number of ether oxygens (including phenoxy) is 3. The van der Waals surface area contributed by atoms with Crippen LogP contribution in [0.2, 0.25) is 5.02 Å². The minimum Gasteiger partial charge on any atom is -0.493 e. The van der Waals surface area contributed by atoms with E-state index in [0.29, 0.717) is 5.56 Å². The van der Waals surface area contributed by atoms with Crippen molar-refractivity contribution in [3.63, 3.8) is 0 Å². The minimum atomic E-state index is -0.578. The summed E-state index contributed by atoms with van der Waals surface area (Å²) in [7, 11) is 2.64. The van der Waals surface area contributed by atoms with Gasteiger partial charge < -0.3 is 14.2 Å². The molecular weight excluding hydrogens is 398 g/mol. The molecule has 1 aromatic carbocycles. The van der Waals surface area contributed by atoms with Crippen LogP contribution in [-0.4, -0.2) is 37.4 Å². The molecule has 0 saturated carbocycles. The fraction of sp³-hybridized carbons (Fsp3) is 0.250. The fourth-order valence-electron chi connectivity index (χ4n) is 2.48. The van der Waals surface area contributed by atoms with E-state index >= 15 is 0 Å². The summed E-state index contributed by atoms with van der Waals surface area (Å²) < 4.78 is 16.7. The Morgan fingerprint density at radius 3 is 2.45 bits per heavy atom. The van der Waals surface area contributed by atoms with Crippen LogP contribution in [0.15, 0.2) is 29.8 Å². The molecule has 8 nitrogen and oxygen atoms in total. The Balaban J connectivity index is 2.31. The van der Waals surface area contributed by atoms with Crippen molar-refractivity contribution in [3.8, 4) is 17.6 Å². The Kier molecular flexibility index (Phi) is 7.28. The third kappa shape index (κ3) is 5.30. The van der Waals surface area contributed by atoms with Crippen LogP contribution in [-0.2, 0) is 14.3 Å². The largest absolute Gasteiger partial charge is 0.493 e. The van der Waals surface area contributed by atoms with E-state index < -0.39 is 11.9 Å². The van der Waals surface area contributed by atoms with Gasteiger partial charge in [0.15, 0.2) is 18.1 Å². The molecule has 0 saturated heterocycles. The lowest BCUT2D eigenvalue weighted by atomic mass is 10.1. The average molecular weight is 418 g/mol. The second-order valence-electron chi connectivity index (χ2n) is 5.96. The van der Waals surface area contributed by atoms with E-state index in [-0.39, 0.29) is 28.7 Å². The molecule has 152 valence electrons. The predicted octanol–water partition coefficient (Wildman–Crippen LogP) is 3.00. The van der Waals surface area contributed by atoms with Crippen LogP contribution in [0.1, 0.15) is 17.0 Å². The van der Waals surface area contributed by atoms with Crippen molar-refractivity contribution < 1.29 is 23.8 Å².